The van der Waals surface area contributed by atoms with Crippen LogP contribution >= 0.6 is 0 Å². The smallest absolute Gasteiger partial charge is 0.311 e. The van der Waals surface area contributed by atoms with Crippen LogP contribution in [-0.4, -0.2) is 52.2 Å². The van der Waals surface area contributed by atoms with Crippen molar-refractivity contribution in [1.82, 2.24) is 19.9 Å². The highest BCUT2D eigenvalue weighted by atomic mass is 16.5. The van der Waals surface area contributed by atoms with Crippen molar-refractivity contribution in [2.45, 2.75) is 26.5 Å². The fraction of sp³-hybridized carbons (Fsp3) is 0.333. The molecule has 0 atom stereocenters. The predicted molar refractivity (Wildman–Crippen MR) is 118 cm³/mol. The van der Waals surface area contributed by atoms with E-state index in [2.05, 4.69) is 21.3 Å². The van der Waals surface area contributed by atoms with Gasteiger partial charge in [-0.1, -0.05) is 17.3 Å². The van der Waals surface area contributed by atoms with Crippen molar-refractivity contribution in [1.29, 1.82) is 5.26 Å². The molecule has 164 valence electrons. The SMILES string of the molecule is COC(=O)C1CN(Cc2ccc(-n3cc(-c4ccc(OC(C)C)c(C#N)c4)nn3)cc2)C1. The summed E-state index contributed by atoms with van der Waals surface area (Å²) in [4.78, 5) is 13.7. The lowest BCUT2D eigenvalue weighted by Gasteiger charge is -2.37. The summed E-state index contributed by atoms with van der Waals surface area (Å²) in [5, 5.41) is 18.0. The summed E-state index contributed by atoms with van der Waals surface area (Å²) in [6.07, 6.45) is 1.83. The van der Waals surface area contributed by atoms with Crippen molar-refractivity contribution >= 4 is 5.97 Å². The average molecular weight is 431 g/mol. The molecular weight excluding hydrogens is 406 g/mol. The molecule has 0 radical (unpaired) electrons. The Bertz CT molecular complexity index is 1140. The summed E-state index contributed by atoms with van der Waals surface area (Å²) in [6.45, 7) is 6.10. The second-order valence-electron chi connectivity index (χ2n) is 8.12. The molecule has 1 fully saturated rings. The van der Waals surface area contributed by atoms with Crippen LogP contribution in [0.25, 0.3) is 16.9 Å². The number of nitrogens with zero attached hydrogens (tertiary/aromatic N) is 5. The molecule has 2 aromatic carbocycles. The number of carbonyl (C=O) groups is 1. The zero-order valence-corrected chi connectivity index (χ0v) is 18.4. The molecule has 0 spiro atoms. The summed E-state index contributed by atoms with van der Waals surface area (Å²) in [6, 6.07) is 15.7. The van der Waals surface area contributed by atoms with Crippen LogP contribution in [0.2, 0.25) is 0 Å². The second kappa shape index (κ2) is 9.20. The maximum absolute atomic E-state index is 11.5. The van der Waals surface area contributed by atoms with Crippen molar-refractivity contribution in [2.24, 2.45) is 5.92 Å². The lowest BCUT2D eigenvalue weighted by molar-refractivity contribution is -0.151. The Morgan fingerprint density at radius 1 is 1.22 bits per heavy atom. The fourth-order valence-electron chi connectivity index (χ4n) is 3.68. The molecule has 0 bridgehead atoms. The monoisotopic (exact) mass is 431 g/mol. The number of aromatic nitrogens is 3. The van der Waals surface area contributed by atoms with E-state index in [1.54, 1.807) is 16.8 Å². The Morgan fingerprint density at radius 2 is 1.97 bits per heavy atom. The van der Waals surface area contributed by atoms with Crippen LogP contribution in [0.4, 0.5) is 0 Å². The molecule has 32 heavy (non-hydrogen) atoms. The maximum atomic E-state index is 11.5. The molecule has 0 aliphatic carbocycles. The van der Waals surface area contributed by atoms with Gasteiger partial charge in [0.05, 0.1) is 36.6 Å². The van der Waals surface area contributed by atoms with Gasteiger partial charge in [-0.3, -0.25) is 9.69 Å². The number of nitriles is 1. The Kier molecular flexibility index (Phi) is 6.19. The van der Waals surface area contributed by atoms with Gasteiger partial charge in [-0.2, -0.15) is 5.26 Å². The van der Waals surface area contributed by atoms with E-state index in [0.717, 1.165) is 36.4 Å². The molecule has 1 aromatic heterocycles. The van der Waals surface area contributed by atoms with E-state index in [-0.39, 0.29) is 18.0 Å². The third-order valence-corrected chi connectivity index (χ3v) is 5.35. The van der Waals surface area contributed by atoms with E-state index in [0.29, 0.717) is 17.0 Å². The van der Waals surface area contributed by atoms with Crippen LogP contribution < -0.4 is 4.74 Å². The maximum Gasteiger partial charge on any atom is 0.311 e. The van der Waals surface area contributed by atoms with Gasteiger partial charge in [-0.15, -0.1) is 5.10 Å². The van der Waals surface area contributed by atoms with Crippen LogP contribution in [0.1, 0.15) is 25.0 Å². The normalized spacial score (nSPS) is 14.1. The first-order chi connectivity index (χ1) is 15.5. The molecule has 0 amide bonds. The van der Waals surface area contributed by atoms with Gasteiger partial charge in [0.2, 0.25) is 0 Å². The average Bonchev–Trinajstić information content (AvgIpc) is 3.26. The second-order valence-corrected chi connectivity index (χ2v) is 8.12. The third-order valence-electron chi connectivity index (χ3n) is 5.35. The van der Waals surface area contributed by atoms with E-state index in [9.17, 15) is 10.1 Å². The largest absolute Gasteiger partial charge is 0.490 e. The number of ether oxygens (including phenoxy) is 2. The highest BCUT2D eigenvalue weighted by Gasteiger charge is 2.33. The molecule has 1 saturated heterocycles. The minimum atomic E-state index is -0.137. The minimum absolute atomic E-state index is 0.00725. The molecule has 2 heterocycles. The highest BCUT2D eigenvalue weighted by Crippen LogP contribution is 2.26. The minimum Gasteiger partial charge on any atom is -0.490 e. The molecule has 8 nitrogen and oxygen atoms in total. The molecule has 1 aliphatic heterocycles. The van der Waals surface area contributed by atoms with Gasteiger partial charge in [-0.05, 0) is 49.7 Å². The Balaban J connectivity index is 1.43. The molecule has 0 N–H and O–H groups in total. The summed E-state index contributed by atoms with van der Waals surface area (Å²) in [7, 11) is 1.43. The molecule has 4 rings (SSSR count). The number of hydrogen-bond donors (Lipinski definition) is 0. The van der Waals surface area contributed by atoms with Crippen LogP contribution in [0, 0.1) is 17.2 Å². The molecule has 0 unspecified atom stereocenters. The zero-order valence-electron chi connectivity index (χ0n) is 18.4. The van der Waals surface area contributed by atoms with Crippen molar-refractivity contribution in [3.8, 4) is 28.8 Å². The quantitative estimate of drug-likeness (QED) is 0.530. The lowest BCUT2D eigenvalue weighted by atomic mass is 9.99. The zero-order chi connectivity index (χ0) is 22.7. The Labute approximate surface area is 187 Å². The molecular formula is C24H25N5O3. The third kappa shape index (κ3) is 4.63. The van der Waals surface area contributed by atoms with Crippen LogP contribution in [-0.2, 0) is 16.1 Å². The van der Waals surface area contributed by atoms with E-state index in [4.69, 9.17) is 9.47 Å². The molecule has 3 aromatic rings. The van der Waals surface area contributed by atoms with Crippen molar-refractivity contribution < 1.29 is 14.3 Å². The number of likely N-dealkylation sites (tertiary alicyclic amines) is 1. The standard InChI is InChI=1S/C24H25N5O3/c1-16(2)32-23-9-6-18(10-19(23)11-25)22-15-29(27-26-22)21-7-4-17(5-8-21)12-28-13-20(14-28)24(30)31-3/h4-10,15-16,20H,12-14H2,1-3H3. The van der Waals surface area contributed by atoms with Crippen molar-refractivity contribution in [3.63, 3.8) is 0 Å². The number of esters is 1. The van der Waals surface area contributed by atoms with Crippen LogP contribution in [0.5, 0.6) is 5.75 Å². The molecule has 8 heteroatoms. The summed E-state index contributed by atoms with van der Waals surface area (Å²) in [5.74, 6) is 0.414. The van der Waals surface area contributed by atoms with Gasteiger partial charge in [0, 0.05) is 25.2 Å². The van der Waals surface area contributed by atoms with E-state index >= 15 is 0 Å². The number of hydrogen-bond acceptors (Lipinski definition) is 7. The first-order valence-corrected chi connectivity index (χ1v) is 10.5. The summed E-state index contributed by atoms with van der Waals surface area (Å²) < 4.78 is 12.2. The van der Waals surface area contributed by atoms with Crippen LogP contribution in [0.3, 0.4) is 0 Å². The van der Waals surface area contributed by atoms with Gasteiger partial charge in [0.1, 0.15) is 17.5 Å². The van der Waals surface area contributed by atoms with Crippen LogP contribution in [0.15, 0.2) is 48.7 Å². The van der Waals surface area contributed by atoms with Gasteiger partial charge < -0.3 is 9.47 Å². The van der Waals surface area contributed by atoms with E-state index in [1.165, 1.54) is 7.11 Å². The number of carbonyl (C=O) groups excluding carboxylic acids is 1. The number of methoxy groups -OCH3 is 1. The summed E-state index contributed by atoms with van der Waals surface area (Å²) in [5.41, 5.74) is 4.01. The van der Waals surface area contributed by atoms with Gasteiger partial charge in [-0.25, -0.2) is 4.68 Å². The lowest BCUT2D eigenvalue weighted by Crippen LogP contribution is -2.49. The fourth-order valence-corrected chi connectivity index (χ4v) is 3.68. The predicted octanol–water partition coefficient (Wildman–Crippen LogP) is 3.20. The topological polar surface area (TPSA) is 93.3 Å². The Morgan fingerprint density at radius 3 is 2.62 bits per heavy atom. The first-order valence-electron chi connectivity index (χ1n) is 10.5. The number of rotatable bonds is 7. The highest BCUT2D eigenvalue weighted by molar-refractivity contribution is 5.73. The summed E-state index contributed by atoms with van der Waals surface area (Å²) >= 11 is 0. The molecule has 1 aliphatic rings. The van der Waals surface area contributed by atoms with Gasteiger partial charge in [0.15, 0.2) is 0 Å². The Hall–Kier alpha value is -3.70. The van der Waals surface area contributed by atoms with Crippen molar-refractivity contribution in [2.75, 3.05) is 20.2 Å². The van der Waals surface area contributed by atoms with Gasteiger partial charge >= 0.3 is 5.97 Å². The van der Waals surface area contributed by atoms with Gasteiger partial charge in [0.25, 0.3) is 0 Å². The first kappa shape index (κ1) is 21.5. The number of benzene rings is 2. The molecule has 0 saturated carbocycles. The van der Waals surface area contributed by atoms with Crippen molar-refractivity contribution in [3.05, 3.63) is 59.8 Å². The van der Waals surface area contributed by atoms with E-state index < -0.39 is 0 Å². The van der Waals surface area contributed by atoms with E-state index in [1.807, 2.05) is 50.4 Å².